The summed E-state index contributed by atoms with van der Waals surface area (Å²) in [4.78, 5) is 12.0. The van der Waals surface area contributed by atoms with Gasteiger partial charge in [-0.2, -0.15) is 5.10 Å². The molecule has 22 heavy (non-hydrogen) atoms. The van der Waals surface area contributed by atoms with Gasteiger partial charge in [-0.1, -0.05) is 18.2 Å². The van der Waals surface area contributed by atoms with Gasteiger partial charge in [-0.3, -0.25) is 4.79 Å². The minimum atomic E-state index is -0.300. The lowest BCUT2D eigenvalue weighted by Crippen LogP contribution is -2.38. The summed E-state index contributed by atoms with van der Waals surface area (Å²) in [6, 6.07) is 6.58. The van der Waals surface area contributed by atoms with Gasteiger partial charge in [0.25, 0.3) is 0 Å². The van der Waals surface area contributed by atoms with E-state index in [1.54, 1.807) is 12.1 Å². The van der Waals surface area contributed by atoms with E-state index < -0.39 is 0 Å². The molecule has 4 nitrogen and oxygen atoms in total. The van der Waals surface area contributed by atoms with Gasteiger partial charge in [-0.15, -0.1) is 0 Å². The van der Waals surface area contributed by atoms with E-state index in [-0.39, 0.29) is 23.2 Å². The minimum Gasteiger partial charge on any atom is -0.363 e. The van der Waals surface area contributed by atoms with Crippen molar-refractivity contribution in [1.82, 2.24) is 9.78 Å². The topological polar surface area (TPSA) is 46.9 Å². The van der Waals surface area contributed by atoms with Gasteiger partial charge in [0.15, 0.2) is 5.78 Å². The molecular weight excluding hydrogens is 281 g/mol. The molecule has 1 aliphatic rings. The Labute approximate surface area is 129 Å². The summed E-state index contributed by atoms with van der Waals surface area (Å²) in [5.41, 5.74) is 1.62. The molecule has 0 radical (unpaired) electrons. The first-order valence-corrected chi connectivity index (χ1v) is 7.43. The van der Waals surface area contributed by atoms with Crippen molar-refractivity contribution < 1.29 is 9.18 Å². The van der Waals surface area contributed by atoms with Crippen LogP contribution in [0.5, 0.6) is 0 Å². The standard InChI is InChI=1S/C17H20FN3O/c1-10-15(11(2)22)16-19-14(9-17(3,4)21(16)20-10)12-7-5-6-8-13(12)18/h5-8,14,19H,9H2,1-4H3/t14-/m0/s1. The number of anilines is 1. The van der Waals surface area contributed by atoms with Crippen LogP contribution in [0.1, 0.15) is 54.8 Å². The first-order valence-electron chi connectivity index (χ1n) is 7.43. The Balaban J connectivity index is 2.12. The van der Waals surface area contributed by atoms with Gasteiger partial charge in [0.05, 0.1) is 22.8 Å². The number of ketones is 1. The summed E-state index contributed by atoms with van der Waals surface area (Å²) in [7, 11) is 0. The van der Waals surface area contributed by atoms with Crippen molar-refractivity contribution in [3.63, 3.8) is 0 Å². The molecule has 0 saturated heterocycles. The monoisotopic (exact) mass is 301 g/mol. The van der Waals surface area contributed by atoms with E-state index in [0.717, 1.165) is 0 Å². The Bertz CT molecular complexity index is 748. The first kappa shape index (κ1) is 14.8. The molecule has 0 unspecified atom stereocenters. The van der Waals surface area contributed by atoms with E-state index in [2.05, 4.69) is 24.3 Å². The van der Waals surface area contributed by atoms with Crippen LogP contribution in [-0.4, -0.2) is 15.6 Å². The molecule has 2 aromatic rings. The van der Waals surface area contributed by atoms with Crippen LogP contribution < -0.4 is 5.32 Å². The molecule has 0 bridgehead atoms. The van der Waals surface area contributed by atoms with Crippen molar-refractivity contribution in [3.05, 3.63) is 46.9 Å². The van der Waals surface area contributed by atoms with E-state index in [1.807, 2.05) is 17.7 Å². The maximum absolute atomic E-state index is 14.1. The van der Waals surface area contributed by atoms with Crippen LogP contribution in [0.15, 0.2) is 24.3 Å². The molecule has 2 heterocycles. The largest absolute Gasteiger partial charge is 0.363 e. The maximum Gasteiger partial charge on any atom is 0.165 e. The highest BCUT2D eigenvalue weighted by Crippen LogP contribution is 2.41. The van der Waals surface area contributed by atoms with E-state index in [9.17, 15) is 9.18 Å². The molecule has 0 amide bonds. The Morgan fingerprint density at radius 3 is 2.73 bits per heavy atom. The molecule has 0 spiro atoms. The summed E-state index contributed by atoms with van der Waals surface area (Å²) in [6.07, 6.45) is 0.694. The van der Waals surface area contributed by atoms with Gasteiger partial charge in [-0.05, 0) is 40.2 Å². The number of hydrogen-bond acceptors (Lipinski definition) is 3. The number of aromatic nitrogens is 2. The number of carbonyl (C=O) groups is 1. The van der Waals surface area contributed by atoms with Crippen molar-refractivity contribution in [3.8, 4) is 0 Å². The fourth-order valence-electron chi connectivity index (χ4n) is 3.27. The van der Waals surface area contributed by atoms with Crippen LogP contribution in [0.25, 0.3) is 0 Å². The van der Waals surface area contributed by atoms with Gasteiger partial charge in [0.2, 0.25) is 0 Å². The number of halogens is 1. The number of Topliss-reactive ketones (excluding diaryl/α,β-unsaturated/α-hetero) is 1. The second kappa shape index (κ2) is 4.93. The Hall–Kier alpha value is -2.17. The molecule has 1 atom stereocenters. The number of carbonyl (C=O) groups excluding carboxylic acids is 1. The molecular formula is C17H20FN3O. The molecule has 1 aliphatic heterocycles. The number of hydrogen-bond donors (Lipinski definition) is 1. The van der Waals surface area contributed by atoms with Crippen LogP contribution >= 0.6 is 0 Å². The number of benzene rings is 1. The summed E-state index contributed by atoms with van der Waals surface area (Å²) < 4.78 is 16.0. The lowest BCUT2D eigenvalue weighted by molar-refractivity contribution is 0.101. The molecule has 0 aliphatic carbocycles. The van der Waals surface area contributed by atoms with E-state index in [1.165, 1.54) is 13.0 Å². The lowest BCUT2D eigenvalue weighted by atomic mass is 9.88. The second-order valence-corrected chi connectivity index (χ2v) is 6.51. The van der Waals surface area contributed by atoms with Crippen LogP contribution in [0.3, 0.4) is 0 Å². The number of rotatable bonds is 2. The highest BCUT2D eigenvalue weighted by atomic mass is 19.1. The SMILES string of the molecule is CC(=O)c1c(C)nn2c1N[C@H](c1ccccc1F)CC2(C)C. The Morgan fingerprint density at radius 2 is 2.09 bits per heavy atom. The smallest absolute Gasteiger partial charge is 0.165 e. The minimum absolute atomic E-state index is 0.0313. The van der Waals surface area contributed by atoms with Crippen molar-refractivity contribution in [1.29, 1.82) is 0 Å². The quantitative estimate of drug-likeness (QED) is 0.858. The summed E-state index contributed by atoms with van der Waals surface area (Å²) in [5.74, 6) is 0.426. The average Bonchev–Trinajstić information content (AvgIpc) is 2.76. The Kier molecular flexibility index (Phi) is 3.31. The molecule has 0 saturated carbocycles. The summed E-state index contributed by atoms with van der Waals surface area (Å²) >= 11 is 0. The van der Waals surface area contributed by atoms with Crippen LogP contribution in [0.4, 0.5) is 10.2 Å². The molecule has 5 heteroatoms. The third-order valence-electron chi connectivity index (χ3n) is 4.28. The van der Waals surface area contributed by atoms with Gasteiger partial charge in [0.1, 0.15) is 11.6 Å². The van der Waals surface area contributed by atoms with Gasteiger partial charge < -0.3 is 5.32 Å². The third kappa shape index (κ3) is 2.21. The number of fused-ring (bicyclic) bond motifs is 1. The highest BCUT2D eigenvalue weighted by Gasteiger charge is 2.37. The number of nitrogens with one attached hydrogen (secondary N) is 1. The molecule has 3 rings (SSSR count). The zero-order chi connectivity index (χ0) is 16.1. The fourth-order valence-corrected chi connectivity index (χ4v) is 3.27. The van der Waals surface area contributed by atoms with Crippen molar-refractivity contribution in [2.45, 2.75) is 45.7 Å². The molecule has 1 aromatic carbocycles. The normalized spacial score (nSPS) is 19.4. The molecule has 0 fully saturated rings. The van der Waals surface area contributed by atoms with Crippen molar-refractivity contribution >= 4 is 11.6 Å². The van der Waals surface area contributed by atoms with Crippen LogP contribution in [0, 0.1) is 12.7 Å². The zero-order valence-corrected chi connectivity index (χ0v) is 13.3. The summed E-state index contributed by atoms with van der Waals surface area (Å²) in [6.45, 7) is 7.48. The highest BCUT2D eigenvalue weighted by molar-refractivity contribution is 6.00. The van der Waals surface area contributed by atoms with Gasteiger partial charge >= 0.3 is 0 Å². The zero-order valence-electron chi connectivity index (χ0n) is 13.3. The van der Waals surface area contributed by atoms with Crippen molar-refractivity contribution in [2.24, 2.45) is 0 Å². The van der Waals surface area contributed by atoms with Crippen LogP contribution in [0.2, 0.25) is 0 Å². The predicted octanol–water partition coefficient (Wildman–Crippen LogP) is 3.83. The van der Waals surface area contributed by atoms with Gasteiger partial charge in [-0.25, -0.2) is 9.07 Å². The molecule has 116 valence electrons. The first-order chi connectivity index (χ1) is 10.3. The lowest BCUT2D eigenvalue weighted by Gasteiger charge is -2.38. The number of nitrogens with zero attached hydrogens (tertiary/aromatic N) is 2. The van der Waals surface area contributed by atoms with Crippen LogP contribution in [-0.2, 0) is 5.54 Å². The predicted molar refractivity (Wildman–Crippen MR) is 83.7 cm³/mol. The average molecular weight is 301 g/mol. The Morgan fingerprint density at radius 1 is 1.41 bits per heavy atom. The summed E-state index contributed by atoms with van der Waals surface area (Å²) in [5, 5.41) is 7.84. The van der Waals surface area contributed by atoms with E-state index in [4.69, 9.17) is 0 Å². The third-order valence-corrected chi connectivity index (χ3v) is 4.28. The van der Waals surface area contributed by atoms with Crippen molar-refractivity contribution in [2.75, 3.05) is 5.32 Å². The maximum atomic E-state index is 14.1. The van der Waals surface area contributed by atoms with E-state index in [0.29, 0.717) is 29.1 Å². The fraction of sp³-hybridized carbons (Fsp3) is 0.412. The second-order valence-electron chi connectivity index (χ2n) is 6.51. The van der Waals surface area contributed by atoms with E-state index >= 15 is 0 Å². The number of aryl methyl sites for hydroxylation is 1. The molecule has 1 aromatic heterocycles. The van der Waals surface area contributed by atoms with Gasteiger partial charge in [0, 0.05) is 5.56 Å². The molecule has 1 N–H and O–H groups in total.